The first-order valence-corrected chi connectivity index (χ1v) is 16.1. The second kappa shape index (κ2) is 11.9. The maximum atomic E-state index is 13.2. The molecule has 8 nitrogen and oxygen atoms in total. The third kappa shape index (κ3) is 5.55. The fourth-order valence-corrected chi connectivity index (χ4v) is 6.37. The van der Waals surface area contributed by atoms with Crippen molar-refractivity contribution in [3.05, 3.63) is 148 Å². The molecule has 4 amide bonds. The third-order valence-electron chi connectivity index (χ3n) is 9.15. The van der Waals surface area contributed by atoms with Crippen LogP contribution in [-0.2, 0) is 5.41 Å². The molecule has 49 heavy (non-hydrogen) atoms. The number of benzene rings is 5. The minimum absolute atomic E-state index is 0.224. The number of carbonyl (C=O) groups excluding carboxylic acids is 4. The molecule has 244 valence electrons. The summed E-state index contributed by atoms with van der Waals surface area (Å²) in [5, 5.41) is 0. The van der Waals surface area contributed by atoms with E-state index in [-0.39, 0.29) is 35.1 Å². The Kier molecular flexibility index (Phi) is 7.67. The number of nitrogens with zero attached hydrogens (tertiary/aromatic N) is 2. The molecule has 0 bridgehead atoms. The predicted molar refractivity (Wildman–Crippen MR) is 186 cm³/mol. The molecule has 0 atom stereocenters. The standard InChI is InChI=1S/C41H34N2O6/c1-24(2)42-37(44)33-19-17-31(22-35(33)39(42)46)48-29-13-9-26(10-14-29)41(4,5)27-11-15-30(16-12-27)49-32-18-20-34-36(23-32)40(47)43(38(34)45)28-8-6-7-25(3)21-28/h6-24H,1-5H3. The number of ether oxygens (including phenoxy) is 2. The molecule has 7 rings (SSSR count). The van der Waals surface area contributed by atoms with Crippen LogP contribution in [0.15, 0.2) is 109 Å². The quantitative estimate of drug-likeness (QED) is 0.156. The molecule has 0 spiro atoms. The molecule has 2 aliphatic rings. The molecule has 0 saturated carbocycles. The lowest BCUT2D eigenvalue weighted by molar-refractivity contribution is 0.0608. The minimum Gasteiger partial charge on any atom is -0.457 e. The lowest BCUT2D eigenvalue weighted by Gasteiger charge is -2.26. The summed E-state index contributed by atoms with van der Waals surface area (Å²) in [4.78, 5) is 54.2. The Morgan fingerprint density at radius 1 is 0.531 bits per heavy atom. The maximum Gasteiger partial charge on any atom is 0.266 e. The molecule has 5 aromatic carbocycles. The largest absolute Gasteiger partial charge is 0.457 e. The highest BCUT2D eigenvalue weighted by molar-refractivity contribution is 6.34. The highest BCUT2D eigenvalue weighted by atomic mass is 16.5. The zero-order chi connectivity index (χ0) is 34.6. The van der Waals surface area contributed by atoms with Crippen molar-refractivity contribution in [2.75, 3.05) is 4.90 Å². The Morgan fingerprint density at radius 3 is 1.49 bits per heavy atom. The second-order valence-electron chi connectivity index (χ2n) is 13.2. The summed E-state index contributed by atoms with van der Waals surface area (Å²) in [5.41, 5.74) is 4.69. The van der Waals surface area contributed by atoms with Gasteiger partial charge in [0.25, 0.3) is 23.6 Å². The monoisotopic (exact) mass is 650 g/mol. The number of aryl methyl sites for hydroxylation is 1. The molecule has 5 aromatic rings. The molecule has 0 unspecified atom stereocenters. The highest BCUT2D eigenvalue weighted by Gasteiger charge is 2.38. The topological polar surface area (TPSA) is 93.2 Å². The number of imide groups is 2. The van der Waals surface area contributed by atoms with Gasteiger partial charge in [0.15, 0.2) is 0 Å². The third-order valence-corrected chi connectivity index (χ3v) is 9.15. The average Bonchev–Trinajstić information content (AvgIpc) is 3.48. The van der Waals surface area contributed by atoms with Crippen LogP contribution in [0, 0.1) is 6.92 Å². The van der Waals surface area contributed by atoms with Gasteiger partial charge >= 0.3 is 0 Å². The van der Waals surface area contributed by atoms with Crippen LogP contribution in [-0.4, -0.2) is 34.6 Å². The number of rotatable bonds is 8. The molecular weight excluding hydrogens is 616 g/mol. The van der Waals surface area contributed by atoms with E-state index < -0.39 is 0 Å². The van der Waals surface area contributed by atoms with Gasteiger partial charge in [-0.25, -0.2) is 4.90 Å². The minimum atomic E-state index is -0.374. The van der Waals surface area contributed by atoms with E-state index in [1.165, 1.54) is 9.80 Å². The molecule has 0 aliphatic carbocycles. The van der Waals surface area contributed by atoms with Gasteiger partial charge in [0.05, 0.1) is 27.9 Å². The summed E-state index contributed by atoms with van der Waals surface area (Å²) < 4.78 is 12.2. The van der Waals surface area contributed by atoms with Crippen molar-refractivity contribution in [2.24, 2.45) is 0 Å². The number of fused-ring (bicyclic) bond motifs is 2. The smallest absolute Gasteiger partial charge is 0.266 e. The zero-order valence-electron chi connectivity index (χ0n) is 27.8. The summed E-state index contributed by atoms with van der Waals surface area (Å²) >= 11 is 0. The van der Waals surface area contributed by atoms with E-state index in [0.717, 1.165) is 16.7 Å². The van der Waals surface area contributed by atoms with Gasteiger partial charge in [0.1, 0.15) is 23.0 Å². The van der Waals surface area contributed by atoms with Gasteiger partial charge in [-0.2, -0.15) is 0 Å². The van der Waals surface area contributed by atoms with E-state index in [0.29, 0.717) is 50.9 Å². The van der Waals surface area contributed by atoms with Gasteiger partial charge in [0.2, 0.25) is 0 Å². The first-order chi connectivity index (χ1) is 23.4. The van der Waals surface area contributed by atoms with Crippen LogP contribution < -0.4 is 14.4 Å². The Labute approximate surface area is 284 Å². The summed E-state index contributed by atoms with van der Waals surface area (Å²) in [6.07, 6.45) is 0. The van der Waals surface area contributed by atoms with Crippen molar-refractivity contribution in [3.63, 3.8) is 0 Å². The van der Waals surface area contributed by atoms with E-state index in [9.17, 15) is 19.2 Å². The van der Waals surface area contributed by atoms with Crippen LogP contribution >= 0.6 is 0 Å². The molecule has 0 fully saturated rings. The van der Waals surface area contributed by atoms with Crippen LogP contribution in [0.2, 0.25) is 0 Å². The Hall–Kier alpha value is -6.02. The van der Waals surface area contributed by atoms with E-state index in [1.54, 1.807) is 42.5 Å². The van der Waals surface area contributed by atoms with Crippen LogP contribution in [0.4, 0.5) is 5.69 Å². The van der Waals surface area contributed by atoms with Gasteiger partial charge in [0, 0.05) is 11.5 Å². The second-order valence-corrected chi connectivity index (χ2v) is 13.2. The SMILES string of the molecule is Cc1cccc(N2C(=O)c3ccc(Oc4ccc(C(C)(C)c5ccc(Oc6ccc7c(c6)C(=O)N(C(C)C)C7=O)cc5)cc4)cc3C2=O)c1. The van der Waals surface area contributed by atoms with Crippen molar-refractivity contribution < 1.29 is 28.7 Å². The van der Waals surface area contributed by atoms with Crippen molar-refractivity contribution in [1.29, 1.82) is 0 Å². The summed E-state index contributed by atoms with van der Waals surface area (Å²) in [6, 6.07) is 32.6. The fraction of sp³-hybridized carbons (Fsp3) is 0.171. The number of carbonyl (C=O) groups is 4. The maximum absolute atomic E-state index is 13.2. The van der Waals surface area contributed by atoms with Gasteiger partial charge in [-0.15, -0.1) is 0 Å². The molecule has 0 N–H and O–H groups in total. The Bertz CT molecular complexity index is 2170. The Balaban J connectivity index is 1.03. The van der Waals surface area contributed by atoms with Crippen LogP contribution in [0.3, 0.4) is 0 Å². The van der Waals surface area contributed by atoms with Gasteiger partial charge in [-0.1, -0.05) is 50.2 Å². The van der Waals surface area contributed by atoms with Crippen molar-refractivity contribution in [3.8, 4) is 23.0 Å². The molecule has 0 saturated heterocycles. The van der Waals surface area contributed by atoms with Crippen LogP contribution in [0.5, 0.6) is 23.0 Å². The normalized spacial score (nSPS) is 14.1. The van der Waals surface area contributed by atoms with Crippen molar-refractivity contribution >= 4 is 29.3 Å². The average molecular weight is 651 g/mol. The first-order valence-electron chi connectivity index (χ1n) is 16.1. The van der Waals surface area contributed by atoms with E-state index in [1.807, 2.05) is 87.5 Å². The van der Waals surface area contributed by atoms with E-state index in [2.05, 4.69) is 13.8 Å². The lowest BCUT2D eigenvalue weighted by atomic mass is 9.78. The molecule has 0 aromatic heterocycles. The molecule has 2 aliphatic heterocycles. The molecular formula is C41H34N2O6. The highest BCUT2D eigenvalue weighted by Crippen LogP contribution is 2.37. The summed E-state index contributed by atoms with van der Waals surface area (Å²) in [7, 11) is 0. The lowest BCUT2D eigenvalue weighted by Crippen LogP contribution is -2.35. The summed E-state index contributed by atoms with van der Waals surface area (Å²) in [6.45, 7) is 9.81. The number of anilines is 1. The van der Waals surface area contributed by atoms with Gasteiger partial charge in [-0.3, -0.25) is 24.1 Å². The predicted octanol–water partition coefficient (Wildman–Crippen LogP) is 8.71. The first kappa shape index (κ1) is 31.6. The van der Waals surface area contributed by atoms with E-state index >= 15 is 0 Å². The van der Waals surface area contributed by atoms with E-state index in [4.69, 9.17) is 9.47 Å². The van der Waals surface area contributed by atoms with Crippen molar-refractivity contribution in [1.82, 2.24) is 4.90 Å². The zero-order valence-corrected chi connectivity index (χ0v) is 27.8. The molecule has 0 radical (unpaired) electrons. The fourth-order valence-electron chi connectivity index (χ4n) is 6.37. The van der Waals surface area contributed by atoms with Crippen LogP contribution in [0.25, 0.3) is 0 Å². The Morgan fingerprint density at radius 2 is 0.980 bits per heavy atom. The molecule has 8 heteroatoms. The van der Waals surface area contributed by atoms with Crippen molar-refractivity contribution in [2.45, 2.75) is 46.1 Å². The van der Waals surface area contributed by atoms with Gasteiger partial charge in [-0.05, 0) is 110 Å². The summed E-state index contributed by atoms with van der Waals surface area (Å²) in [5.74, 6) is 0.842. The van der Waals surface area contributed by atoms with Gasteiger partial charge < -0.3 is 9.47 Å². The molecule has 2 heterocycles. The van der Waals surface area contributed by atoms with Crippen LogP contribution in [0.1, 0.15) is 85.8 Å². The number of amides is 4. The number of hydrogen-bond acceptors (Lipinski definition) is 6. The number of hydrogen-bond donors (Lipinski definition) is 0.